The van der Waals surface area contributed by atoms with E-state index >= 15 is 0 Å². The molecule has 2 aliphatic carbocycles. The molecular weight excluding hydrogens is 112 g/mol. The molecule has 0 aromatic rings. The predicted octanol–water partition coefficient (Wildman–Crippen LogP) is 1.48. The molecule has 0 heterocycles. The summed E-state index contributed by atoms with van der Waals surface area (Å²) in [7, 11) is 0. The Morgan fingerprint density at radius 2 is 1.89 bits per heavy atom. The van der Waals surface area contributed by atoms with E-state index in [9.17, 15) is 4.79 Å². The van der Waals surface area contributed by atoms with Crippen LogP contribution in [-0.2, 0) is 4.79 Å². The second-order valence-electron chi connectivity index (χ2n) is 3.62. The first-order valence-electron chi connectivity index (χ1n) is 3.78. The van der Waals surface area contributed by atoms with Gasteiger partial charge in [0, 0.05) is 5.92 Å². The second kappa shape index (κ2) is 1.59. The first-order valence-corrected chi connectivity index (χ1v) is 3.78. The Hall–Kier alpha value is -0.330. The minimum absolute atomic E-state index is 0.473. The van der Waals surface area contributed by atoms with Crippen molar-refractivity contribution < 1.29 is 4.79 Å². The smallest absolute Gasteiger partial charge is 0.123 e. The fourth-order valence-electron chi connectivity index (χ4n) is 2.37. The molecule has 0 bridgehead atoms. The zero-order valence-electron chi connectivity index (χ0n) is 5.71. The van der Waals surface area contributed by atoms with Gasteiger partial charge in [-0.05, 0) is 30.6 Å². The summed E-state index contributed by atoms with van der Waals surface area (Å²) in [5.74, 6) is 2.98. The molecule has 1 heteroatoms. The monoisotopic (exact) mass is 124 g/mol. The van der Waals surface area contributed by atoms with E-state index in [2.05, 4.69) is 6.92 Å². The van der Waals surface area contributed by atoms with Crippen LogP contribution < -0.4 is 0 Å². The maximum atomic E-state index is 10.3. The van der Waals surface area contributed by atoms with Crippen molar-refractivity contribution in [1.29, 1.82) is 0 Å². The molecule has 0 amide bonds. The van der Waals surface area contributed by atoms with E-state index in [0.29, 0.717) is 5.92 Å². The predicted molar refractivity (Wildman–Crippen MR) is 34.9 cm³/mol. The van der Waals surface area contributed by atoms with Crippen molar-refractivity contribution in [2.45, 2.75) is 19.8 Å². The third-order valence-electron chi connectivity index (χ3n) is 2.90. The molecule has 50 valence electrons. The van der Waals surface area contributed by atoms with E-state index in [0.717, 1.165) is 24.0 Å². The van der Waals surface area contributed by atoms with Gasteiger partial charge >= 0.3 is 0 Å². The van der Waals surface area contributed by atoms with Crippen molar-refractivity contribution in [3.63, 3.8) is 0 Å². The summed E-state index contributed by atoms with van der Waals surface area (Å²) >= 11 is 0. The number of hydrogen-bond acceptors (Lipinski definition) is 1. The molecule has 0 aromatic heterocycles. The minimum Gasteiger partial charge on any atom is -0.303 e. The molecule has 0 aliphatic heterocycles. The highest BCUT2D eigenvalue weighted by Crippen LogP contribution is 2.58. The molecule has 0 spiro atoms. The highest BCUT2D eigenvalue weighted by molar-refractivity contribution is 5.60. The molecule has 4 atom stereocenters. The van der Waals surface area contributed by atoms with Crippen LogP contribution in [0.3, 0.4) is 0 Å². The van der Waals surface area contributed by atoms with Crippen LogP contribution in [0.1, 0.15) is 19.8 Å². The van der Waals surface area contributed by atoms with Crippen LogP contribution in [0, 0.1) is 23.7 Å². The SMILES string of the molecule is CC1C[C@@H]2C(C=O)[C@@H]2C1. The molecule has 2 saturated carbocycles. The number of hydrogen-bond donors (Lipinski definition) is 0. The van der Waals surface area contributed by atoms with E-state index in [1.807, 2.05) is 0 Å². The van der Waals surface area contributed by atoms with Gasteiger partial charge in [0.15, 0.2) is 0 Å². The summed E-state index contributed by atoms with van der Waals surface area (Å²) in [6.45, 7) is 2.29. The molecule has 2 unspecified atom stereocenters. The maximum absolute atomic E-state index is 10.3. The Morgan fingerprint density at radius 1 is 1.33 bits per heavy atom. The summed E-state index contributed by atoms with van der Waals surface area (Å²) in [6, 6.07) is 0. The largest absolute Gasteiger partial charge is 0.303 e. The molecular formula is C8H12O. The summed E-state index contributed by atoms with van der Waals surface area (Å²) in [4.78, 5) is 10.3. The molecule has 9 heavy (non-hydrogen) atoms. The molecule has 0 N–H and O–H groups in total. The zero-order chi connectivity index (χ0) is 6.43. The number of aldehydes is 1. The molecule has 1 nitrogen and oxygen atoms in total. The maximum Gasteiger partial charge on any atom is 0.123 e. The van der Waals surface area contributed by atoms with Crippen LogP contribution in [0.5, 0.6) is 0 Å². The average Bonchev–Trinajstić information content (AvgIpc) is 2.30. The highest BCUT2D eigenvalue weighted by Gasteiger charge is 2.54. The lowest BCUT2D eigenvalue weighted by molar-refractivity contribution is -0.109. The van der Waals surface area contributed by atoms with E-state index < -0.39 is 0 Å². The Kier molecular flexibility index (Phi) is 0.961. The van der Waals surface area contributed by atoms with E-state index in [1.54, 1.807) is 0 Å². The van der Waals surface area contributed by atoms with Crippen molar-refractivity contribution in [2.24, 2.45) is 23.7 Å². The lowest BCUT2D eigenvalue weighted by Crippen LogP contribution is -1.95. The number of carbonyl (C=O) groups is 1. The molecule has 2 aliphatic rings. The first-order chi connectivity index (χ1) is 4.33. The molecule has 0 aromatic carbocycles. The Bertz CT molecular complexity index is 130. The number of rotatable bonds is 1. The Balaban J connectivity index is 1.98. The van der Waals surface area contributed by atoms with Crippen LogP contribution in [0.15, 0.2) is 0 Å². The van der Waals surface area contributed by atoms with E-state index in [-0.39, 0.29) is 0 Å². The van der Waals surface area contributed by atoms with Gasteiger partial charge in [0.2, 0.25) is 0 Å². The molecule has 0 radical (unpaired) electrons. The summed E-state index contributed by atoms with van der Waals surface area (Å²) in [6.07, 6.45) is 3.78. The molecule has 2 rings (SSSR count). The zero-order valence-corrected chi connectivity index (χ0v) is 5.71. The lowest BCUT2D eigenvalue weighted by atomic mass is 10.0. The van der Waals surface area contributed by atoms with Crippen molar-refractivity contribution in [2.75, 3.05) is 0 Å². The fourth-order valence-corrected chi connectivity index (χ4v) is 2.37. The average molecular weight is 124 g/mol. The minimum atomic E-state index is 0.473. The van der Waals surface area contributed by atoms with Crippen LogP contribution >= 0.6 is 0 Å². The van der Waals surface area contributed by atoms with Crippen LogP contribution in [0.25, 0.3) is 0 Å². The quantitative estimate of drug-likeness (QED) is 0.484. The van der Waals surface area contributed by atoms with Gasteiger partial charge in [-0.25, -0.2) is 0 Å². The van der Waals surface area contributed by atoms with E-state index in [1.165, 1.54) is 12.8 Å². The van der Waals surface area contributed by atoms with Crippen LogP contribution in [-0.4, -0.2) is 6.29 Å². The lowest BCUT2D eigenvalue weighted by Gasteiger charge is -2.02. The van der Waals surface area contributed by atoms with Gasteiger partial charge in [0.1, 0.15) is 6.29 Å². The van der Waals surface area contributed by atoms with E-state index in [4.69, 9.17) is 0 Å². The molecule has 0 saturated heterocycles. The van der Waals surface area contributed by atoms with Gasteiger partial charge in [0.05, 0.1) is 0 Å². The summed E-state index contributed by atoms with van der Waals surface area (Å²) in [5, 5.41) is 0. The van der Waals surface area contributed by atoms with Gasteiger partial charge < -0.3 is 4.79 Å². The standard InChI is InChI=1S/C8H12O/c1-5-2-6-7(3-5)8(6)4-9/h4-8H,2-3H2,1H3/t5?,6-,7+,8?. The third-order valence-corrected chi connectivity index (χ3v) is 2.90. The Labute approximate surface area is 55.4 Å². The third kappa shape index (κ3) is 0.637. The van der Waals surface area contributed by atoms with Gasteiger partial charge in [-0.1, -0.05) is 6.92 Å². The van der Waals surface area contributed by atoms with Crippen molar-refractivity contribution in [1.82, 2.24) is 0 Å². The van der Waals surface area contributed by atoms with Crippen molar-refractivity contribution >= 4 is 6.29 Å². The summed E-state index contributed by atoms with van der Waals surface area (Å²) in [5.41, 5.74) is 0. The fraction of sp³-hybridized carbons (Fsp3) is 0.875. The highest BCUT2D eigenvalue weighted by atomic mass is 16.1. The van der Waals surface area contributed by atoms with Gasteiger partial charge in [-0.3, -0.25) is 0 Å². The van der Waals surface area contributed by atoms with Crippen LogP contribution in [0.4, 0.5) is 0 Å². The normalized spacial score (nSPS) is 54.8. The summed E-state index contributed by atoms with van der Waals surface area (Å²) < 4.78 is 0. The Morgan fingerprint density at radius 3 is 2.33 bits per heavy atom. The van der Waals surface area contributed by atoms with Crippen molar-refractivity contribution in [3.8, 4) is 0 Å². The van der Waals surface area contributed by atoms with Crippen LogP contribution in [0.2, 0.25) is 0 Å². The first kappa shape index (κ1) is 5.45. The van der Waals surface area contributed by atoms with Crippen molar-refractivity contribution in [3.05, 3.63) is 0 Å². The molecule has 2 fully saturated rings. The number of fused-ring (bicyclic) bond motifs is 1. The second-order valence-corrected chi connectivity index (χ2v) is 3.62. The number of carbonyl (C=O) groups excluding carboxylic acids is 1. The van der Waals surface area contributed by atoms with Gasteiger partial charge in [-0.15, -0.1) is 0 Å². The van der Waals surface area contributed by atoms with Gasteiger partial charge in [-0.2, -0.15) is 0 Å². The van der Waals surface area contributed by atoms with Gasteiger partial charge in [0.25, 0.3) is 0 Å². The topological polar surface area (TPSA) is 17.1 Å².